The van der Waals surface area contributed by atoms with Gasteiger partial charge in [0.1, 0.15) is 0 Å². The Morgan fingerprint density at radius 3 is 3.00 bits per heavy atom. The molecule has 108 valence electrons. The number of oxime groups is 1. The normalized spacial score (nSPS) is 16.6. The lowest BCUT2D eigenvalue weighted by Crippen LogP contribution is -2.31. The van der Waals surface area contributed by atoms with Gasteiger partial charge in [-0.1, -0.05) is 23.4 Å². The number of benzene rings is 1. The van der Waals surface area contributed by atoms with Gasteiger partial charge in [0.2, 0.25) is 5.91 Å². The van der Waals surface area contributed by atoms with E-state index < -0.39 is 0 Å². The van der Waals surface area contributed by atoms with Crippen LogP contribution in [0.5, 0.6) is 0 Å². The zero-order valence-corrected chi connectivity index (χ0v) is 11.8. The van der Waals surface area contributed by atoms with E-state index in [1.54, 1.807) is 0 Å². The molecular formula is C15H21N3O2. The molecule has 2 rings (SSSR count). The Hall–Kier alpha value is -2.04. The van der Waals surface area contributed by atoms with Crippen LogP contribution in [0, 0.1) is 0 Å². The molecule has 0 aromatic heterocycles. The van der Waals surface area contributed by atoms with Gasteiger partial charge in [-0.2, -0.15) is 0 Å². The number of nitrogens with zero attached hydrogens (tertiary/aromatic N) is 2. The Balaban J connectivity index is 2.15. The first-order chi connectivity index (χ1) is 9.76. The van der Waals surface area contributed by atoms with Crippen LogP contribution in [0.4, 0.5) is 5.69 Å². The number of hydrogen-bond donors (Lipinski definition) is 2. The minimum atomic E-state index is 0.0743. The fraction of sp³-hybridized carbons (Fsp3) is 0.467. The Kier molecular flexibility index (Phi) is 4.98. The Bertz CT molecular complexity index is 500. The van der Waals surface area contributed by atoms with Crippen molar-refractivity contribution in [1.82, 2.24) is 5.32 Å². The van der Waals surface area contributed by atoms with E-state index in [1.807, 2.05) is 31.2 Å². The minimum Gasteiger partial charge on any atom is -0.411 e. The maximum Gasteiger partial charge on any atom is 0.221 e. The van der Waals surface area contributed by atoms with Crippen molar-refractivity contribution in [2.75, 3.05) is 24.5 Å². The van der Waals surface area contributed by atoms with Crippen molar-refractivity contribution in [2.45, 2.75) is 26.2 Å². The van der Waals surface area contributed by atoms with Gasteiger partial charge in [0.05, 0.1) is 5.71 Å². The summed E-state index contributed by atoms with van der Waals surface area (Å²) in [5.74, 6) is 0.0743. The molecule has 0 radical (unpaired) electrons. The average Bonchev–Trinajstić information content (AvgIpc) is 2.64. The van der Waals surface area contributed by atoms with Crippen LogP contribution in [-0.2, 0) is 4.79 Å². The number of carbonyl (C=O) groups excluding carboxylic acids is 1. The number of nitrogens with one attached hydrogen (secondary N) is 1. The molecular weight excluding hydrogens is 254 g/mol. The molecule has 1 aliphatic heterocycles. The van der Waals surface area contributed by atoms with E-state index in [0.29, 0.717) is 19.5 Å². The fourth-order valence-electron chi connectivity index (χ4n) is 2.54. The molecule has 0 saturated carbocycles. The van der Waals surface area contributed by atoms with E-state index >= 15 is 0 Å². The topological polar surface area (TPSA) is 64.9 Å². The number of anilines is 1. The highest BCUT2D eigenvalue weighted by Gasteiger charge is 2.19. The molecule has 0 unspecified atom stereocenters. The molecule has 5 heteroatoms. The van der Waals surface area contributed by atoms with Gasteiger partial charge in [-0.3, -0.25) is 4.79 Å². The number of fused-ring (bicyclic) bond motifs is 1. The van der Waals surface area contributed by atoms with Crippen molar-refractivity contribution in [3.8, 4) is 0 Å². The zero-order valence-electron chi connectivity index (χ0n) is 11.8. The van der Waals surface area contributed by atoms with Crippen LogP contribution in [0.15, 0.2) is 29.4 Å². The van der Waals surface area contributed by atoms with Crippen molar-refractivity contribution in [2.24, 2.45) is 5.16 Å². The third-order valence-corrected chi connectivity index (χ3v) is 3.50. The van der Waals surface area contributed by atoms with Crippen LogP contribution in [0.25, 0.3) is 0 Å². The van der Waals surface area contributed by atoms with E-state index in [1.165, 1.54) is 0 Å². The monoisotopic (exact) mass is 275 g/mol. The highest BCUT2D eigenvalue weighted by Crippen LogP contribution is 2.26. The second-order valence-electron chi connectivity index (χ2n) is 4.86. The fourth-order valence-corrected chi connectivity index (χ4v) is 2.54. The maximum atomic E-state index is 11.6. The number of hydrogen-bond acceptors (Lipinski definition) is 4. The molecule has 0 atom stereocenters. The molecule has 1 heterocycles. The predicted octanol–water partition coefficient (Wildman–Crippen LogP) is 1.99. The highest BCUT2D eigenvalue weighted by atomic mass is 16.4. The van der Waals surface area contributed by atoms with Crippen LogP contribution in [0.2, 0.25) is 0 Å². The third kappa shape index (κ3) is 3.29. The summed E-state index contributed by atoms with van der Waals surface area (Å²) in [5, 5.41) is 15.4. The number of amides is 1. The van der Waals surface area contributed by atoms with Crippen molar-refractivity contribution in [3.05, 3.63) is 29.8 Å². The van der Waals surface area contributed by atoms with E-state index in [9.17, 15) is 4.79 Å². The SMILES string of the molecule is CCNC(=O)CCN1CCC/C(=N/O)c2ccccc21. The molecule has 1 aromatic rings. The van der Waals surface area contributed by atoms with Crippen LogP contribution in [0.1, 0.15) is 31.7 Å². The van der Waals surface area contributed by atoms with Gasteiger partial charge in [0, 0.05) is 37.3 Å². The molecule has 1 aromatic carbocycles. The lowest BCUT2D eigenvalue weighted by atomic mass is 10.1. The number of para-hydroxylation sites is 1. The summed E-state index contributed by atoms with van der Waals surface area (Å²) in [5.41, 5.74) is 2.73. The van der Waals surface area contributed by atoms with Gasteiger partial charge in [-0.05, 0) is 25.8 Å². The van der Waals surface area contributed by atoms with Gasteiger partial charge < -0.3 is 15.4 Å². The van der Waals surface area contributed by atoms with Crippen molar-refractivity contribution < 1.29 is 10.0 Å². The molecule has 0 bridgehead atoms. The summed E-state index contributed by atoms with van der Waals surface area (Å²) in [6.07, 6.45) is 2.16. The molecule has 0 fully saturated rings. The zero-order chi connectivity index (χ0) is 14.4. The van der Waals surface area contributed by atoms with E-state index in [0.717, 1.165) is 36.3 Å². The van der Waals surface area contributed by atoms with Gasteiger partial charge in [-0.25, -0.2) is 0 Å². The standard InChI is InChI=1S/C15H21N3O2/c1-2-16-15(19)9-11-18-10-5-7-13(17-20)12-6-3-4-8-14(12)18/h3-4,6,8,20H,2,5,7,9-11H2,1H3,(H,16,19)/b17-13-. The summed E-state index contributed by atoms with van der Waals surface area (Å²) in [6, 6.07) is 7.90. The van der Waals surface area contributed by atoms with Crippen LogP contribution in [-0.4, -0.2) is 36.5 Å². The van der Waals surface area contributed by atoms with E-state index in [-0.39, 0.29) is 5.91 Å². The number of carbonyl (C=O) groups is 1. The third-order valence-electron chi connectivity index (χ3n) is 3.50. The first-order valence-electron chi connectivity index (χ1n) is 7.08. The van der Waals surface area contributed by atoms with E-state index in [4.69, 9.17) is 5.21 Å². The van der Waals surface area contributed by atoms with Crippen molar-refractivity contribution >= 4 is 17.3 Å². The smallest absolute Gasteiger partial charge is 0.221 e. The second kappa shape index (κ2) is 6.93. The lowest BCUT2D eigenvalue weighted by molar-refractivity contribution is -0.120. The first-order valence-corrected chi connectivity index (χ1v) is 7.08. The molecule has 2 N–H and O–H groups in total. The Labute approximate surface area is 119 Å². The Morgan fingerprint density at radius 1 is 1.45 bits per heavy atom. The predicted molar refractivity (Wildman–Crippen MR) is 79.5 cm³/mol. The van der Waals surface area contributed by atoms with Gasteiger partial charge in [0.15, 0.2) is 0 Å². The molecule has 20 heavy (non-hydrogen) atoms. The molecule has 0 spiro atoms. The summed E-state index contributed by atoms with van der Waals surface area (Å²) >= 11 is 0. The molecule has 0 aliphatic carbocycles. The van der Waals surface area contributed by atoms with Crippen LogP contribution < -0.4 is 10.2 Å². The maximum absolute atomic E-state index is 11.6. The molecule has 0 saturated heterocycles. The van der Waals surface area contributed by atoms with Gasteiger partial charge >= 0.3 is 0 Å². The lowest BCUT2D eigenvalue weighted by Gasteiger charge is -2.24. The van der Waals surface area contributed by atoms with Crippen LogP contribution in [0.3, 0.4) is 0 Å². The van der Waals surface area contributed by atoms with Gasteiger partial charge in [0.25, 0.3) is 0 Å². The highest BCUT2D eigenvalue weighted by molar-refractivity contribution is 6.05. The molecule has 1 amide bonds. The first kappa shape index (κ1) is 14.4. The molecule has 1 aliphatic rings. The summed E-state index contributed by atoms with van der Waals surface area (Å²) in [4.78, 5) is 13.8. The van der Waals surface area contributed by atoms with Gasteiger partial charge in [-0.15, -0.1) is 0 Å². The summed E-state index contributed by atoms with van der Waals surface area (Å²) in [7, 11) is 0. The summed E-state index contributed by atoms with van der Waals surface area (Å²) in [6.45, 7) is 4.14. The Morgan fingerprint density at radius 2 is 2.25 bits per heavy atom. The number of rotatable bonds is 4. The average molecular weight is 275 g/mol. The minimum absolute atomic E-state index is 0.0743. The second-order valence-corrected chi connectivity index (χ2v) is 4.86. The van der Waals surface area contributed by atoms with Crippen molar-refractivity contribution in [1.29, 1.82) is 0 Å². The van der Waals surface area contributed by atoms with Crippen LogP contribution >= 0.6 is 0 Å². The largest absolute Gasteiger partial charge is 0.411 e. The molecule has 5 nitrogen and oxygen atoms in total. The quantitative estimate of drug-likeness (QED) is 0.652. The van der Waals surface area contributed by atoms with E-state index in [2.05, 4.69) is 15.4 Å². The van der Waals surface area contributed by atoms with Crippen molar-refractivity contribution in [3.63, 3.8) is 0 Å². The summed E-state index contributed by atoms with van der Waals surface area (Å²) < 4.78 is 0.